The number of carbonyl (C=O) groups is 1. The Hall–Kier alpha value is -3.09. The fraction of sp³-hybridized carbons (Fsp3) is 0.304. The molecule has 1 aliphatic carbocycles. The first-order valence-corrected chi connectivity index (χ1v) is 9.83. The number of hydrogen-bond acceptors (Lipinski definition) is 2. The lowest BCUT2D eigenvalue weighted by atomic mass is 10.0. The topological polar surface area (TPSA) is 42.3 Å². The molecule has 0 bridgehead atoms. The van der Waals surface area contributed by atoms with E-state index in [1.165, 1.54) is 24.1 Å². The Morgan fingerprint density at radius 2 is 1.77 bits per heavy atom. The number of pyridine rings is 1. The summed E-state index contributed by atoms with van der Waals surface area (Å²) in [6.07, 6.45) is -2.38. The van der Waals surface area contributed by atoms with E-state index in [9.17, 15) is 22.8 Å². The zero-order valence-electron chi connectivity index (χ0n) is 16.7. The molecular formula is C23H21F3N2O2. The SMILES string of the molecule is CCn1c(=O)cc(C2CC2)c2cc(C(=O)N(C)c3ccc(C(F)(F)F)cc3)ccc21. The van der Waals surface area contributed by atoms with Crippen molar-refractivity contribution in [2.45, 2.75) is 38.4 Å². The average molecular weight is 414 g/mol. The van der Waals surface area contributed by atoms with Crippen LogP contribution in [0.15, 0.2) is 53.3 Å². The largest absolute Gasteiger partial charge is 0.416 e. The van der Waals surface area contributed by atoms with Crippen LogP contribution in [0.25, 0.3) is 10.9 Å². The van der Waals surface area contributed by atoms with Crippen LogP contribution in [0.5, 0.6) is 0 Å². The molecule has 0 unspecified atom stereocenters. The maximum absolute atomic E-state index is 13.0. The summed E-state index contributed by atoms with van der Waals surface area (Å²) in [5.41, 5.74) is 1.74. The first-order valence-electron chi connectivity index (χ1n) is 9.83. The summed E-state index contributed by atoms with van der Waals surface area (Å²) in [6, 6.07) is 11.4. The number of aromatic nitrogens is 1. The second kappa shape index (κ2) is 7.31. The van der Waals surface area contributed by atoms with Gasteiger partial charge in [0.2, 0.25) is 0 Å². The molecule has 0 radical (unpaired) electrons. The maximum atomic E-state index is 13.0. The molecule has 1 heterocycles. The van der Waals surface area contributed by atoms with Crippen LogP contribution >= 0.6 is 0 Å². The van der Waals surface area contributed by atoms with Gasteiger partial charge < -0.3 is 9.47 Å². The van der Waals surface area contributed by atoms with Gasteiger partial charge in [-0.2, -0.15) is 13.2 Å². The molecule has 0 saturated heterocycles. The maximum Gasteiger partial charge on any atom is 0.416 e. The second-order valence-corrected chi connectivity index (χ2v) is 7.60. The summed E-state index contributed by atoms with van der Waals surface area (Å²) in [7, 11) is 1.53. The summed E-state index contributed by atoms with van der Waals surface area (Å²) in [4.78, 5) is 26.8. The number of nitrogens with zero attached hydrogens (tertiary/aromatic N) is 2. The molecule has 0 aliphatic heterocycles. The van der Waals surface area contributed by atoms with E-state index in [1.54, 1.807) is 28.8 Å². The van der Waals surface area contributed by atoms with Crippen LogP contribution in [0.4, 0.5) is 18.9 Å². The Morgan fingerprint density at radius 3 is 2.33 bits per heavy atom. The number of halogens is 3. The minimum atomic E-state index is -4.42. The van der Waals surface area contributed by atoms with Crippen molar-refractivity contribution >= 4 is 22.5 Å². The Labute approximate surface area is 171 Å². The van der Waals surface area contributed by atoms with Gasteiger partial charge in [0.1, 0.15) is 0 Å². The molecule has 4 nitrogen and oxygen atoms in total. The normalized spacial score (nSPS) is 14.2. The van der Waals surface area contributed by atoms with Crippen molar-refractivity contribution in [1.29, 1.82) is 0 Å². The smallest absolute Gasteiger partial charge is 0.311 e. The third-order valence-corrected chi connectivity index (χ3v) is 5.61. The quantitative estimate of drug-likeness (QED) is 0.589. The zero-order valence-corrected chi connectivity index (χ0v) is 16.7. The predicted octanol–water partition coefficient (Wildman–Crippen LogP) is 5.19. The molecular weight excluding hydrogens is 393 g/mol. The van der Waals surface area contributed by atoms with Crippen LogP contribution in [0.1, 0.15) is 47.2 Å². The summed E-state index contributed by atoms with van der Waals surface area (Å²) in [5.74, 6) is 0.0114. The molecule has 156 valence electrons. The minimum Gasteiger partial charge on any atom is -0.311 e. The standard InChI is InChI=1S/C23H21F3N2O2/c1-3-28-20-11-6-15(12-19(20)18(13-21(28)29)14-4-5-14)22(30)27(2)17-9-7-16(8-10-17)23(24,25)26/h6-14H,3-5H2,1-2H3. The molecule has 30 heavy (non-hydrogen) atoms. The second-order valence-electron chi connectivity index (χ2n) is 7.60. The number of hydrogen-bond donors (Lipinski definition) is 0. The zero-order chi connectivity index (χ0) is 21.6. The van der Waals surface area contributed by atoms with E-state index in [0.717, 1.165) is 41.4 Å². The highest BCUT2D eigenvalue weighted by molar-refractivity contribution is 6.07. The van der Waals surface area contributed by atoms with Crippen molar-refractivity contribution in [2.75, 3.05) is 11.9 Å². The third kappa shape index (κ3) is 3.60. The van der Waals surface area contributed by atoms with Gasteiger partial charge in [0.05, 0.1) is 11.1 Å². The molecule has 7 heteroatoms. The van der Waals surface area contributed by atoms with E-state index in [4.69, 9.17) is 0 Å². The van der Waals surface area contributed by atoms with Gasteiger partial charge in [-0.05, 0) is 73.7 Å². The van der Waals surface area contributed by atoms with Crippen molar-refractivity contribution < 1.29 is 18.0 Å². The number of alkyl halides is 3. The Morgan fingerprint density at radius 1 is 1.10 bits per heavy atom. The Bertz CT molecular complexity index is 1180. The first kappa shape index (κ1) is 20.2. The molecule has 1 amide bonds. The van der Waals surface area contributed by atoms with E-state index < -0.39 is 11.7 Å². The van der Waals surface area contributed by atoms with Crippen molar-refractivity contribution in [3.05, 3.63) is 75.6 Å². The number of amides is 1. The molecule has 2 aromatic carbocycles. The van der Waals surface area contributed by atoms with Gasteiger partial charge in [0, 0.05) is 36.3 Å². The number of anilines is 1. The summed E-state index contributed by atoms with van der Waals surface area (Å²) < 4.78 is 40.0. The highest BCUT2D eigenvalue weighted by atomic mass is 19.4. The average Bonchev–Trinajstić information content (AvgIpc) is 3.56. The van der Waals surface area contributed by atoms with Crippen molar-refractivity contribution in [1.82, 2.24) is 4.57 Å². The van der Waals surface area contributed by atoms with Crippen LogP contribution in [0, 0.1) is 0 Å². The summed E-state index contributed by atoms with van der Waals surface area (Å²) in [6.45, 7) is 2.42. The summed E-state index contributed by atoms with van der Waals surface area (Å²) >= 11 is 0. The van der Waals surface area contributed by atoms with Gasteiger partial charge in [0.15, 0.2) is 0 Å². The molecule has 0 N–H and O–H groups in total. The lowest BCUT2D eigenvalue weighted by Crippen LogP contribution is -2.26. The number of aryl methyl sites for hydroxylation is 1. The first-order chi connectivity index (χ1) is 14.2. The molecule has 1 aliphatic rings. The van der Waals surface area contributed by atoms with E-state index in [-0.39, 0.29) is 11.5 Å². The van der Waals surface area contributed by atoms with E-state index >= 15 is 0 Å². The van der Waals surface area contributed by atoms with Gasteiger partial charge in [0.25, 0.3) is 11.5 Å². The monoisotopic (exact) mass is 414 g/mol. The van der Waals surface area contributed by atoms with E-state index in [0.29, 0.717) is 23.7 Å². The number of rotatable bonds is 4. The van der Waals surface area contributed by atoms with Crippen molar-refractivity contribution in [2.24, 2.45) is 0 Å². The number of carbonyl (C=O) groups excluding carboxylic acids is 1. The molecule has 4 rings (SSSR count). The molecule has 1 saturated carbocycles. The Balaban J connectivity index is 1.72. The van der Waals surface area contributed by atoms with Gasteiger partial charge in [-0.1, -0.05) is 0 Å². The van der Waals surface area contributed by atoms with Crippen LogP contribution in [0.2, 0.25) is 0 Å². The van der Waals surface area contributed by atoms with Crippen LogP contribution < -0.4 is 10.5 Å². The van der Waals surface area contributed by atoms with Gasteiger partial charge in [-0.25, -0.2) is 0 Å². The minimum absolute atomic E-state index is 0.0483. The predicted molar refractivity (Wildman–Crippen MR) is 110 cm³/mol. The van der Waals surface area contributed by atoms with Gasteiger partial charge in [-0.15, -0.1) is 0 Å². The van der Waals surface area contributed by atoms with E-state index in [1.807, 2.05) is 6.92 Å². The molecule has 1 fully saturated rings. The van der Waals surface area contributed by atoms with Gasteiger partial charge >= 0.3 is 6.18 Å². The highest BCUT2D eigenvalue weighted by Gasteiger charge is 2.30. The summed E-state index contributed by atoms with van der Waals surface area (Å²) in [5, 5.41) is 0.880. The van der Waals surface area contributed by atoms with Crippen LogP contribution in [0.3, 0.4) is 0 Å². The van der Waals surface area contributed by atoms with Crippen molar-refractivity contribution in [3.8, 4) is 0 Å². The third-order valence-electron chi connectivity index (χ3n) is 5.61. The Kier molecular flexibility index (Phi) is 4.92. The van der Waals surface area contributed by atoms with Crippen LogP contribution in [-0.4, -0.2) is 17.5 Å². The number of benzene rings is 2. The molecule has 1 aromatic heterocycles. The van der Waals surface area contributed by atoms with Gasteiger partial charge in [-0.3, -0.25) is 9.59 Å². The molecule has 0 spiro atoms. The fourth-order valence-electron chi connectivity index (χ4n) is 3.79. The molecule has 0 atom stereocenters. The number of fused-ring (bicyclic) bond motifs is 1. The lowest BCUT2D eigenvalue weighted by Gasteiger charge is -2.19. The molecule has 3 aromatic rings. The lowest BCUT2D eigenvalue weighted by molar-refractivity contribution is -0.137. The van der Waals surface area contributed by atoms with E-state index in [2.05, 4.69) is 0 Å². The van der Waals surface area contributed by atoms with Crippen molar-refractivity contribution in [3.63, 3.8) is 0 Å². The van der Waals surface area contributed by atoms with Crippen LogP contribution in [-0.2, 0) is 12.7 Å². The fourth-order valence-corrected chi connectivity index (χ4v) is 3.79. The highest BCUT2D eigenvalue weighted by Crippen LogP contribution is 2.42.